The van der Waals surface area contributed by atoms with E-state index in [-0.39, 0.29) is 0 Å². The monoisotopic (exact) mass is 252 g/mol. The standard InChI is InChI=1S/C9H7Cl3O2/c10-6-3-1-5(2-4-6)7(11)8(12)9(13)14/h1-4,7-8H,(H,13,14)/t7-,8+/m1/s1. The molecule has 14 heavy (non-hydrogen) atoms. The number of alkyl halides is 2. The van der Waals surface area contributed by atoms with Crippen LogP contribution in [0.2, 0.25) is 5.02 Å². The molecule has 0 heterocycles. The van der Waals surface area contributed by atoms with Crippen LogP contribution in [0.15, 0.2) is 24.3 Å². The van der Waals surface area contributed by atoms with Gasteiger partial charge in [0.05, 0.1) is 5.38 Å². The van der Waals surface area contributed by atoms with Crippen molar-refractivity contribution in [3.63, 3.8) is 0 Å². The third-order valence-corrected chi connectivity index (χ3v) is 3.00. The molecule has 0 bridgehead atoms. The van der Waals surface area contributed by atoms with Crippen LogP contribution in [0, 0.1) is 0 Å². The van der Waals surface area contributed by atoms with E-state index in [2.05, 4.69) is 0 Å². The molecule has 0 fully saturated rings. The Kier molecular flexibility index (Phi) is 4.05. The van der Waals surface area contributed by atoms with Crippen LogP contribution in [-0.2, 0) is 4.79 Å². The maximum atomic E-state index is 10.5. The Morgan fingerprint density at radius 1 is 1.21 bits per heavy atom. The third-order valence-electron chi connectivity index (χ3n) is 1.68. The van der Waals surface area contributed by atoms with Crippen molar-refractivity contribution in [2.24, 2.45) is 0 Å². The summed E-state index contributed by atoms with van der Waals surface area (Å²) in [5.41, 5.74) is 0.637. The molecule has 0 saturated heterocycles. The number of benzene rings is 1. The van der Waals surface area contributed by atoms with Gasteiger partial charge >= 0.3 is 5.97 Å². The van der Waals surface area contributed by atoms with Gasteiger partial charge in [0.25, 0.3) is 0 Å². The highest BCUT2D eigenvalue weighted by Gasteiger charge is 2.25. The van der Waals surface area contributed by atoms with Crippen molar-refractivity contribution in [2.45, 2.75) is 10.8 Å². The number of hydrogen-bond donors (Lipinski definition) is 1. The number of rotatable bonds is 3. The van der Waals surface area contributed by atoms with Crippen LogP contribution in [0.25, 0.3) is 0 Å². The molecule has 0 amide bonds. The predicted octanol–water partition coefficient (Wildman–Crippen LogP) is 3.31. The Labute approximate surface area is 96.4 Å². The van der Waals surface area contributed by atoms with Crippen molar-refractivity contribution in [2.75, 3.05) is 0 Å². The second kappa shape index (κ2) is 4.87. The van der Waals surface area contributed by atoms with E-state index in [1.165, 1.54) is 0 Å². The molecule has 1 rings (SSSR count). The van der Waals surface area contributed by atoms with Crippen LogP contribution >= 0.6 is 34.8 Å². The van der Waals surface area contributed by atoms with Crippen LogP contribution < -0.4 is 0 Å². The Hall–Kier alpha value is -0.440. The lowest BCUT2D eigenvalue weighted by atomic mass is 10.1. The molecule has 2 atom stereocenters. The Morgan fingerprint density at radius 3 is 2.14 bits per heavy atom. The Balaban J connectivity index is 2.84. The minimum absolute atomic E-state index is 0.569. The average molecular weight is 254 g/mol. The van der Waals surface area contributed by atoms with Gasteiger partial charge in [-0.2, -0.15) is 0 Å². The van der Waals surface area contributed by atoms with E-state index >= 15 is 0 Å². The van der Waals surface area contributed by atoms with Gasteiger partial charge in [0.2, 0.25) is 0 Å². The SMILES string of the molecule is O=C(O)[C@@H](Cl)[C@H](Cl)c1ccc(Cl)cc1. The van der Waals surface area contributed by atoms with E-state index in [0.29, 0.717) is 10.6 Å². The zero-order chi connectivity index (χ0) is 10.7. The number of carboxylic acids is 1. The van der Waals surface area contributed by atoms with Crippen molar-refractivity contribution in [3.05, 3.63) is 34.9 Å². The van der Waals surface area contributed by atoms with E-state index in [0.717, 1.165) is 0 Å². The van der Waals surface area contributed by atoms with Gasteiger partial charge in [-0.05, 0) is 17.7 Å². The second-order valence-corrected chi connectivity index (χ2v) is 4.07. The van der Waals surface area contributed by atoms with Gasteiger partial charge in [-0.25, -0.2) is 0 Å². The van der Waals surface area contributed by atoms with Crippen molar-refractivity contribution in [1.82, 2.24) is 0 Å². The fourth-order valence-electron chi connectivity index (χ4n) is 0.941. The maximum absolute atomic E-state index is 10.5. The molecule has 1 aromatic carbocycles. The minimum Gasteiger partial charge on any atom is -0.480 e. The summed E-state index contributed by atoms with van der Waals surface area (Å²) >= 11 is 17.1. The molecule has 5 heteroatoms. The molecular formula is C9H7Cl3O2. The maximum Gasteiger partial charge on any atom is 0.323 e. The van der Waals surface area contributed by atoms with E-state index in [1.807, 2.05) is 0 Å². The quantitative estimate of drug-likeness (QED) is 0.839. The molecule has 0 aliphatic rings. The van der Waals surface area contributed by atoms with Gasteiger partial charge < -0.3 is 5.11 Å². The summed E-state index contributed by atoms with van der Waals surface area (Å²) in [5, 5.41) is 7.30. The summed E-state index contributed by atoms with van der Waals surface area (Å²) < 4.78 is 0. The third kappa shape index (κ3) is 2.77. The first-order valence-corrected chi connectivity index (χ1v) is 5.04. The zero-order valence-corrected chi connectivity index (χ0v) is 9.22. The summed E-state index contributed by atoms with van der Waals surface area (Å²) in [4.78, 5) is 10.5. The summed E-state index contributed by atoms with van der Waals surface area (Å²) in [7, 11) is 0. The normalized spacial score (nSPS) is 14.8. The van der Waals surface area contributed by atoms with Gasteiger partial charge in [0.15, 0.2) is 5.38 Å². The number of hydrogen-bond acceptors (Lipinski definition) is 1. The highest BCUT2D eigenvalue weighted by molar-refractivity contribution is 6.36. The van der Waals surface area contributed by atoms with E-state index in [1.54, 1.807) is 24.3 Å². The fourth-order valence-corrected chi connectivity index (χ4v) is 1.47. The van der Waals surface area contributed by atoms with Gasteiger partial charge in [-0.3, -0.25) is 4.79 Å². The molecule has 76 valence electrons. The summed E-state index contributed by atoms with van der Waals surface area (Å²) in [5.74, 6) is -1.14. The van der Waals surface area contributed by atoms with Crippen LogP contribution in [0.5, 0.6) is 0 Å². The highest BCUT2D eigenvalue weighted by Crippen LogP contribution is 2.28. The number of halogens is 3. The molecule has 0 radical (unpaired) electrons. The predicted molar refractivity (Wildman–Crippen MR) is 57.3 cm³/mol. The number of carboxylic acid groups (broad SMARTS) is 1. The van der Waals surface area contributed by atoms with Crippen LogP contribution in [0.4, 0.5) is 0 Å². The molecule has 0 saturated carbocycles. The molecule has 0 aliphatic carbocycles. The van der Waals surface area contributed by atoms with E-state index in [4.69, 9.17) is 39.9 Å². The number of aliphatic carboxylic acids is 1. The van der Waals surface area contributed by atoms with Crippen molar-refractivity contribution < 1.29 is 9.90 Å². The first-order chi connectivity index (χ1) is 6.52. The molecule has 2 nitrogen and oxygen atoms in total. The molecule has 0 aromatic heterocycles. The lowest BCUT2D eigenvalue weighted by molar-refractivity contribution is -0.136. The smallest absolute Gasteiger partial charge is 0.323 e. The van der Waals surface area contributed by atoms with Gasteiger partial charge in [0, 0.05) is 5.02 Å². The average Bonchev–Trinajstić information content (AvgIpc) is 2.16. The van der Waals surface area contributed by atoms with Crippen LogP contribution in [-0.4, -0.2) is 16.5 Å². The van der Waals surface area contributed by atoms with Gasteiger partial charge in [-0.15, -0.1) is 23.2 Å². The zero-order valence-electron chi connectivity index (χ0n) is 6.95. The lowest BCUT2D eigenvalue weighted by Gasteiger charge is -2.12. The summed E-state index contributed by atoms with van der Waals surface area (Å²) in [6.07, 6.45) is 0. The fraction of sp³-hybridized carbons (Fsp3) is 0.222. The van der Waals surface area contributed by atoms with E-state index in [9.17, 15) is 4.79 Å². The summed E-state index contributed by atoms with van der Waals surface area (Å²) in [6.45, 7) is 0. The number of carbonyl (C=O) groups is 1. The van der Waals surface area contributed by atoms with Crippen molar-refractivity contribution in [3.8, 4) is 0 Å². The molecule has 1 aromatic rings. The first-order valence-electron chi connectivity index (χ1n) is 3.79. The topological polar surface area (TPSA) is 37.3 Å². The minimum atomic E-state index is -1.14. The van der Waals surface area contributed by atoms with Crippen molar-refractivity contribution in [1.29, 1.82) is 0 Å². The lowest BCUT2D eigenvalue weighted by Crippen LogP contribution is -2.18. The van der Waals surface area contributed by atoms with Gasteiger partial charge in [0.1, 0.15) is 0 Å². The second-order valence-electron chi connectivity index (χ2n) is 2.69. The van der Waals surface area contributed by atoms with Crippen LogP contribution in [0.3, 0.4) is 0 Å². The molecule has 0 unspecified atom stereocenters. The highest BCUT2D eigenvalue weighted by atomic mass is 35.5. The largest absolute Gasteiger partial charge is 0.480 e. The van der Waals surface area contributed by atoms with E-state index < -0.39 is 16.7 Å². The van der Waals surface area contributed by atoms with Gasteiger partial charge in [-0.1, -0.05) is 23.7 Å². The molecule has 0 aliphatic heterocycles. The first kappa shape index (κ1) is 11.6. The Morgan fingerprint density at radius 2 is 1.71 bits per heavy atom. The van der Waals surface area contributed by atoms with Crippen LogP contribution in [0.1, 0.15) is 10.9 Å². The summed E-state index contributed by atoms with van der Waals surface area (Å²) in [6, 6.07) is 6.58. The molecule has 1 N–H and O–H groups in total. The molecular weight excluding hydrogens is 246 g/mol. The molecule has 0 spiro atoms. The Bertz CT molecular complexity index is 323. The van der Waals surface area contributed by atoms with Crippen molar-refractivity contribution >= 4 is 40.8 Å².